The maximum absolute atomic E-state index is 0. The molecule has 0 saturated heterocycles. The van der Waals surface area contributed by atoms with Gasteiger partial charge in [-0.15, -0.1) is 0 Å². The van der Waals surface area contributed by atoms with Crippen molar-refractivity contribution in [3.8, 4) is 0 Å². The first-order valence-corrected chi connectivity index (χ1v) is 0. The molecule has 8 heteroatoms. The molecule has 0 aliphatic carbocycles. The molecule has 0 aromatic rings. The zero-order chi connectivity index (χ0) is 0. The van der Waals surface area contributed by atoms with Crippen LogP contribution in [0.4, 0.5) is 4.70 Å². The summed E-state index contributed by atoms with van der Waals surface area (Å²) in [7, 11) is 0. The van der Waals surface area contributed by atoms with Gasteiger partial charge >= 0.3 is 51.4 Å². The van der Waals surface area contributed by atoms with Gasteiger partial charge in [0.2, 0.25) is 0 Å². The van der Waals surface area contributed by atoms with Crippen LogP contribution in [0.1, 0.15) is 25.1 Å². The predicted octanol–water partition coefficient (Wildman–Crippen LogP) is -0.627. The summed E-state index contributed by atoms with van der Waals surface area (Å²) in [4.78, 5) is 0. The van der Waals surface area contributed by atoms with Crippen molar-refractivity contribution in [2.45, 2.75) is 22.3 Å². The zero-order valence-electron chi connectivity index (χ0n) is 5.85. The summed E-state index contributed by atoms with van der Waals surface area (Å²) in [6.07, 6.45) is 0. The Morgan fingerprint density at radius 1 is 1.00 bits per heavy atom. The minimum absolute atomic E-state index is 0. The maximum Gasteiger partial charge on any atom is 1.00 e. The summed E-state index contributed by atoms with van der Waals surface area (Å²) in [6.45, 7) is 0. The van der Waals surface area contributed by atoms with Gasteiger partial charge in [-0.1, -0.05) is 22.3 Å². The van der Waals surface area contributed by atoms with Crippen molar-refractivity contribution in [3.63, 3.8) is 0 Å². The Labute approximate surface area is 165 Å². The number of hydrogen-bond donors (Lipinski definition) is 1. The van der Waals surface area contributed by atoms with E-state index >= 15 is 0 Å². The van der Waals surface area contributed by atoms with Crippen molar-refractivity contribution < 1.29 is 109 Å². The number of hydrogen-bond acceptors (Lipinski definition) is 1. The molecule has 3 N–H and O–H groups in total. The van der Waals surface area contributed by atoms with Gasteiger partial charge < -0.3 is 7.58 Å². The molecule has 0 aliphatic heterocycles. The minimum atomic E-state index is 0. The van der Waals surface area contributed by atoms with Crippen LogP contribution in [0.2, 0.25) is 0 Å². The molecule has 0 amide bonds. The van der Waals surface area contributed by atoms with Crippen molar-refractivity contribution in [2.24, 2.45) is 0 Å². The van der Waals surface area contributed by atoms with E-state index in [1.807, 2.05) is 0 Å². The third kappa shape index (κ3) is 126. The summed E-state index contributed by atoms with van der Waals surface area (Å²) < 4.78 is 0. The van der Waals surface area contributed by atoms with E-state index < -0.39 is 0 Å². The second kappa shape index (κ2) is 148. The second-order valence-electron chi connectivity index (χ2n) is 0. The van der Waals surface area contributed by atoms with E-state index in [9.17, 15) is 0 Å². The van der Waals surface area contributed by atoms with E-state index in [1.54, 1.807) is 0 Å². The Morgan fingerprint density at radius 3 is 1.00 bits per heavy atom. The molecular weight excluding hydrogens is 471 g/mol. The molecule has 4 radical (unpaired) electrons. The Bertz CT molecular complexity index is 41.4. The van der Waals surface area contributed by atoms with Gasteiger partial charge in [-0.05, 0) is 0 Å². The Balaban J connectivity index is 0. The first kappa shape index (κ1) is 183. The van der Waals surface area contributed by atoms with E-state index in [-0.39, 0.29) is 169 Å². The number of halogens is 1. The molecule has 0 aromatic heterocycles. The molecule has 0 aliphatic rings. The third-order valence-corrected chi connectivity index (χ3v) is 0. The second-order valence-corrected chi connectivity index (χ2v) is 0. The Morgan fingerprint density at radius 2 is 1.00 bits per heavy atom. The third-order valence-electron chi connectivity index (χ3n) is 0. The average molecular weight is 495 g/mol. The normalized spacial score (nSPS) is 0. The standard InChI is InChI=1S/3CH4.B.FH.K.H3N.H3P.H2S.U.V.H2.H/h3*1H4;;1H;;2*1H3;1H2;;;1H;/q;;;;;+1;;;;;;;-1. The Hall–Kier alpha value is 4.01. The van der Waals surface area contributed by atoms with Crippen LogP contribution in [0.5, 0.6) is 0 Å². The molecule has 0 heterocycles. The summed E-state index contributed by atoms with van der Waals surface area (Å²) in [5, 5.41) is 0. The topological polar surface area (TPSA) is 35.0 Å². The molecule has 0 spiro atoms. The number of rotatable bonds is 0. The zero-order valence-corrected chi connectivity index (χ0v) is 15.9. The van der Waals surface area contributed by atoms with Gasteiger partial charge in [0.1, 0.15) is 0 Å². The van der Waals surface area contributed by atoms with Crippen LogP contribution < -0.4 is 57.5 Å². The van der Waals surface area contributed by atoms with Gasteiger partial charge in [-0.2, -0.15) is 23.4 Å². The van der Waals surface area contributed by atoms with Crippen LogP contribution in [0.15, 0.2) is 0 Å². The monoisotopic (exact) mass is 495 g/mol. The van der Waals surface area contributed by atoms with Gasteiger partial charge in [0.25, 0.3) is 0 Å². The van der Waals surface area contributed by atoms with Crippen molar-refractivity contribution in [3.05, 3.63) is 0 Å². The SMILES string of the molecule is C.C.C.F.N.P.S.[B].[H-].[HH].[K+].[U].[V]. The van der Waals surface area contributed by atoms with E-state index in [2.05, 4.69) is 0 Å². The summed E-state index contributed by atoms with van der Waals surface area (Å²) in [5.74, 6) is 0. The van der Waals surface area contributed by atoms with Crippen LogP contribution in [0.25, 0.3) is 0 Å². The fraction of sp³-hybridized carbons (Fsp3) is 1.00. The van der Waals surface area contributed by atoms with Crippen LogP contribution >= 0.6 is 23.4 Å². The van der Waals surface area contributed by atoms with Crippen LogP contribution in [-0.2, 0) is 18.6 Å². The molecular formula is C3H24BFKNPSUV. The molecule has 1 unspecified atom stereocenters. The van der Waals surface area contributed by atoms with E-state index in [1.165, 1.54) is 0 Å². The van der Waals surface area contributed by atoms with Crippen molar-refractivity contribution in [2.75, 3.05) is 0 Å². The summed E-state index contributed by atoms with van der Waals surface area (Å²) in [6, 6.07) is 0. The van der Waals surface area contributed by atoms with Crippen molar-refractivity contribution in [1.82, 2.24) is 6.15 Å². The van der Waals surface area contributed by atoms with Crippen LogP contribution in [-0.4, -0.2) is 8.41 Å². The van der Waals surface area contributed by atoms with Crippen molar-refractivity contribution in [1.29, 1.82) is 0 Å². The van der Waals surface area contributed by atoms with Crippen LogP contribution in [0, 0.1) is 31.1 Å². The Kier molecular flexibility index (Phi) is 2460. The van der Waals surface area contributed by atoms with Crippen LogP contribution in [0.3, 0.4) is 0 Å². The molecule has 1 nitrogen and oxygen atoms in total. The first-order chi connectivity index (χ1) is 0. The summed E-state index contributed by atoms with van der Waals surface area (Å²) in [5.41, 5.74) is 0. The maximum atomic E-state index is 0. The van der Waals surface area contributed by atoms with E-state index in [0.717, 1.165) is 0 Å². The van der Waals surface area contributed by atoms with E-state index in [0.29, 0.717) is 0 Å². The fourth-order valence-corrected chi connectivity index (χ4v) is 0. The molecule has 0 saturated carbocycles. The first-order valence-electron chi connectivity index (χ1n) is 0. The predicted molar refractivity (Wildman–Crippen MR) is 58.2 cm³/mol. The van der Waals surface area contributed by atoms with Gasteiger partial charge in [0.15, 0.2) is 0 Å². The average Bonchev–Trinajstić information content (AvgIpc) is 0. The largest absolute Gasteiger partial charge is 1.00 e. The smallest absolute Gasteiger partial charge is 1.00 e. The van der Waals surface area contributed by atoms with Crippen molar-refractivity contribution >= 4 is 31.8 Å². The molecule has 72 valence electrons. The van der Waals surface area contributed by atoms with Gasteiger partial charge in [-0.3, -0.25) is 4.70 Å². The van der Waals surface area contributed by atoms with Gasteiger partial charge in [-0.25, -0.2) is 0 Å². The quantitative estimate of drug-likeness (QED) is 0.353. The summed E-state index contributed by atoms with van der Waals surface area (Å²) >= 11 is 0. The molecule has 0 rings (SSSR count). The fourth-order valence-electron chi connectivity index (χ4n) is 0. The van der Waals surface area contributed by atoms with Gasteiger partial charge in [0.05, 0.1) is 0 Å². The molecule has 0 bridgehead atoms. The molecule has 11 heavy (non-hydrogen) atoms. The van der Waals surface area contributed by atoms with Gasteiger partial charge in [0, 0.05) is 59.5 Å². The minimum Gasteiger partial charge on any atom is -1.00 e. The molecule has 0 aromatic carbocycles. The van der Waals surface area contributed by atoms with E-state index in [4.69, 9.17) is 0 Å². The molecule has 1 atom stereocenters. The molecule has 0 fully saturated rings.